The van der Waals surface area contributed by atoms with Crippen LogP contribution in [0.25, 0.3) is 0 Å². The molecule has 0 heterocycles. The Balaban J connectivity index is 2.72. The number of rotatable bonds is 13. The van der Waals surface area contributed by atoms with Gasteiger partial charge in [-0.05, 0) is 31.4 Å². The zero-order valence-electron chi connectivity index (χ0n) is 15.3. The molecule has 0 fully saturated rings. The Morgan fingerprint density at radius 2 is 1.71 bits per heavy atom. The lowest BCUT2D eigenvalue weighted by Gasteiger charge is -2.29. The van der Waals surface area contributed by atoms with Gasteiger partial charge in [0.25, 0.3) is 0 Å². The minimum atomic E-state index is -1.61. The predicted octanol–water partition coefficient (Wildman–Crippen LogP) is 5.20. The largest absolute Gasteiger partial charge is 0.476 e. The number of aliphatic carboxylic acids is 1. The summed E-state index contributed by atoms with van der Waals surface area (Å²) in [5.74, 6) is -2.07. The number of para-hydroxylation sites is 1. The molecular weight excluding hydrogens is 304 g/mol. The van der Waals surface area contributed by atoms with Gasteiger partial charge in [-0.2, -0.15) is 0 Å². The van der Waals surface area contributed by atoms with Crippen LogP contribution in [0.2, 0.25) is 0 Å². The third-order valence-electron chi connectivity index (χ3n) is 4.22. The minimum Gasteiger partial charge on any atom is -0.476 e. The molecule has 0 aliphatic carbocycles. The smallest absolute Gasteiger partial charge is 0.377 e. The Labute approximate surface area is 146 Å². The number of carboxylic acid groups (broad SMARTS) is 1. The van der Waals surface area contributed by atoms with E-state index in [1.165, 1.54) is 32.1 Å². The molecular formula is C20H32O4. The van der Waals surface area contributed by atoms with Crippen LogP contribution in [-0.2, 0) is 16.0 Å². The van der Waals surface area contributed by atoms with Crippen LogP contribution in [0.5, 0.6) is 5.75 Å². The standard InChI is InChI=1S/C20H32O4/c1-4-7-8-9-10-11-14-17-15-12-13-16-18(17)24-20(5-2,19(21)22)23-6-3/h12-13,15-16H,4-11,14H2,1-3H3,(H,21,22). The second-order valence-corrected chi connectivity index (χ2v) is 6.07. The van der Waals surface area contributed by atoms with E-state index in [4.69, 9.17) is 9.47 Å². The average molecular weight is 336 g/mol. The van der Waals surface area contributed by atoms with Crippen LogP contribution < -0.4 is 4.74 Å². The molecule has 0 aliphatic rings. The first kappa shape index (κ1) is 20.5. The zero-order valence-corrected chi connectivity index (χ0v) is 15.3. The van der Waals surface area contributed by atoms with Crippen LogP contribution >= 0.6 is 0 Å². The summed E-state index contributed by atoms with van der Waals surface area (Å²) in [7, 11) is 0. The summed E-state index contributed by atoms with van der Waals surface area (Å²) in [5, 5.41) is 9.55. The van der Waals surface area contributed by atoms with Crippen molar-refractivity contribution in [2.24, 2.45) is 0 Å². The van der Waals surface area contributed by atoms with Crippen molar-refractivity contribution in [1.29, 1.82) is 0 Å². The molecule has 1 aromatic carbocycles. The maximum atomic E-state index is 11.7. The molecule has 0 saturated carbocycles. The number of carboxylic acids is 1. The average Bonchev–Trinajstić information content (AvgIpc) is 2.58. The van der Waals surface area contributed by atoms with Crippen molar-refractivity contribution in [3.63, 3.8) is 0 Å². The van der Waals surface area contributed by atoms with Gasteiger partial charge >= 0.3 is 11.8 Å². The van der Waals surface area contributed by atoms with Crippen LogP contribution in [0.3, 0.4) is 0 Å². The molecule has 0 spiro atoms. The van der Waals surface area contributed by atoms with Crippen molar-refractivity contribution in [1.82, 2.24) is 0 Å². The van der Waals surface area contributed by atoms with Crippen molar-refractivity contribution in [3.8, 4) is 5.75 Å². The molecule has 1 aromatic rings. The predicted molar refractivity (Wildman–Crippen MR) is 96.4 cm³/mol. The van der Waals surface area contributed by atoms with Crippen LogP contribution in [0, 0.1) is 0 Å². The summed E-state index contributed by atoms with van der Waals surface area (Å²) in [4.78, 5) is 11.7. The first-order valence-electron chi connectivity index (χ1n) is 9.23. The van der Waals surface area contributed by atoms with Gasteiger partial charge in [-0.1, -0.05) is 64.2 Å². The molecule has 136 valence electrons. The Morgan fingerprint density at radius 3 is 2.33 bits per heavy atom. The summed E-state index contributed by atoms with van der Waals surface area (Å²) in [6.45, 7) is 6.05. The van der Waals surface area contributed by atoms with E-state index in [1.807, 2.05) is 24.3 Å². The normalized spacial score (nSPS) is 13.5. The van der Waals surface area contributed by atoms with Crippen molar-refractivity contribution in [2.45, 2.75) is 77.9 Å². The molecule has 0 aliphatic heterocycles. The van der Waals surface area contributed by atoms with E-state index in [0.29, 0.717) is 12.4 Å². The molecule has 1 N–H and O–H groups in total. The lowest BCUT2D eigenvalue weighted by Crippen LogP contribution is -2.47. The number of hydrogen-bond donors (Lipinski definition) is 1. The fourth-order valence-corrected chi connectivity index (χ4v) is 2.78. The minimum absolute atomic E-state index is 0.252. The van der Waals surface area contributed by atoms with E-state index in [-0.39, 0.29) is 6.42 Å². The molecule has 0 amide bonds. The van der Waals surface area contributed by atoms with Gasteiger partial charge in [-0.15, -0.1) is 0 Å². The van der Waals surface area contributed by atoms with Crippen molar-refractivity contribution in [3.05, 3.63) is 29.8 Å². The van der Waals surface area contributed by atoms with Crippen molar-refractivity contribution >= 4 is 5.97 Å². The maximum absolute atomic E-state index is 11.7. The molecule has 0 aromatic heterocycles. The highest BCUT2D eigenvalue weighted by atomic mass is 16.7. The van der Waals surface area contributed by atoms with Gasteiger partial charge in [0.05, 0.1) is 0 Å². The van der Waals surface area contributed by atoms with E-state index in [2.05, 4.69) is 6.92 Å². The van der Waals surface area contributed by atoms with Crippen LogP contribution in [0.15, 0.2) is 24.3 Å². The van der Waals surface area contributed by atoms with Gasteiger partial charge < -0.3 is 14.6 Å². The number of hydrogen-bond acceptors (Lipinski definition) is 3. The molecule has 4 nitrogen and oxygen atoms in total. The van der Waals surface area contributed by atoms with E-state index in [1.54, 1.807) is 13.8 Å². The van der Waals surface area contributed by atoms with Crippen LogP contribution in [0.1, 0.15) is 71.3 Å². The summed E-state index contributed by atoms with van der Waals surface area (Å²) in [6, 6.07) is 7.68. The van der Waals surface area contributed by atoms with Crippen LogP contribution in [-0.4, -0.2) is 23.5 Å². The maximum Gasteiger partial charge on any atom is 0.377 e. The van der Waals surface area contributed by atoms with E-state index < -0.39 is 11.8 Å². The number of carbonyl (C=O) groups is 1. The highest BCUT2D eigenvalue weighted by molar-refractivity contribution is 5.76. The van der Waals surface area contributed by atoms with Gasteiger partial charge in [0, 0.05) is 13.0 Å². The fraction of sp³-hybridized carbons (Fsp3) is 0.650. The molecule has 4 heteroatoms. The van der Waals surface area contributed by atoms with E-state index in [0.717, 1.165) is 18.4 Å². The summed E-state index contributed by atoms with van der Waals surface area (Å²) >= 11 is 0. The number of benzene rings is 1. The van der Waals surface area contributed by atoms with Crippen LogP contribution in [0.4, 0.5) is 0 Å². The SMILES string of the molecule is CCCCCCCCc1ccccc1OC(CC)(OCC)C(=O)O. The number of unbranched alkanes of at least 4 members (excludes halogenated alkanes) is 5. The second kappa shape index (κ2) is 11.1. The second-order valence-electron chi connectivity index (χ2n) is 6.07. The molecule has 0 bridgehead atoms. The highest BCUT2D eigenvalue weighted by Gasteiger charge is 2.41. The van der Waals surface area contributed by atoms with Crippen molar-refractivity contribution in [2.75, 3.05) is 6.61 Å². The molecule has 1 rings (SSSR count). The first-order valence-corrected chi connectivity index (χ1v) is 9.23. The third kappa shape index (κ3) is 6.16. The Kier molecular flexibility index (Phi) is 9.46. The molecule has 0 radical (unpaired) electrons. The fourth-order valence-electron chi connectivity index (χ4n) is 2.78. The van der Waals surface area contributed by atoms with Gasteiger partial charge in [-0.25, -0.2) is 4.79 Å². The zero-order chi connectivity index (χ0) is 17.8. The summed E-state index contributed by atoms with van der Waals surface area (Å²) in [6.07, 6.45) is 8.52. The quantitative estimate of drug-likeness (QED) is 0.397. The highest BCUT2D eigenvalue weighted by Crippen LogP contribution is 2.28. The molecule has 24 heavy (non-hydrogen) atoms. The Hall–Kier alpha value is -1.55. The molecule has 1 unspecified atom stereocenters. The summed E-state index contributed by atoms with van der Waals surface area (Å²) in [5.41, 5.74) is 1.05. The van der Waals surface area contributed by atoms with Gasteiger partial charge in [0.2, 0.25) is 0 Å². The van der Waals surface area contributed by atoms with Gasteiger partial charge in [0.1, 0.15) is 5.75 Å². The first-order chi connectivity index (χ1) is 11.6. The third-order valence-corrected chi connectivity index (χ3v) is 4.22. The topological polar surface area (TPSA) is 55.8 Å². The van der Waals surface area contributed by atoms with E-state index >= 15 is 0 Å². The van der Waals surface area contributed by atoms with E-state index in [9.17, 15) is 9.90 Å². The number of aryl methyl sites for hydroxylation is 1. The summed E-state index contributed by atoms with van der Waals surface area (Å²) < 4.78 is 11.3. The monoisotopic (exact) mass is 336 g/mol. The van der Waals surface area contributed by atoms with Gasteiger partial charge in [0.15, 0.2) is 0 Å². The Bertz CT molecular complexity index is 486. The Morgan fingerprint density at radius 1 is 1.04 bits per heavy atom. The lowest BCUT2D eigenvalue weighted by atomic mass is 10.0. The van der Waals surface area contributed by atoms with Crippen molar-refractivity contribution < 1.29 is 19.4 Å². The van der Waals surface area contributed by atoms with Gasteiger partial charge in [-0.3, -0.25) is 0 Å². The molecule has 0 saturated heterocycles. The number of ether oxygens (including phenoxy) is 2. The molecule has 1 atom stereocenters. The lowest BCUT2D eigenvalue weighted by molar-refractivity contribution is -0.212.